The zero-order chi connectivity index (χ0) is 13.5. The van der Waals surface area contributed by atoms with Gasteiger partial charge in [-0.25, -0.2) is 0 Å². The number of nitriles is 1. The third-order valence-corrected chi connectivity index (χ3v) is 3.47. The summed E-state index contributed by atoms with van der Waals surface area (Å²) in [4.78, 5) is 23.0. The second-order valence-corrected chi connectivity index (χ2v) is 5.03. The van der Waals surface area contributed by atoms with E-state index in [1.54, 1.807) is 0 Å². The van der Waals surface area contributed by atoms with Crippen LogP contribution in [-0.2, 0) is 9.59 Å². The lowest BCUT2D eigenvalue weighted by molar-refractivity contribution is -0.146. The van der Waals surface area contributed by atoms with Crippen LogP contribution in [0.15, 0.2) is 0 Å². The van der Waals surface area contributed by atoms with Gasteiger partial charge in [0.25, 0.3) is 0 Å². The Kier molecular flexibility index (Phi) is 5.63. The number of rotatable bonds is 6. The number of aliphatic carboxylic acids is 1. The molecule has 0 bridgehead atoms. The largest absolute Gasteiger partial charge is 0.481 e. The second-order valence-electron chi connectivity index (χ2n) is 5.03. The Morgan fingerprint density at radius 1 is 1.33 bits per heavy atom. The molecule has 100 valence electrons. The van der Waals surface area contributed by atoms with Gasteiger partial charge in [-0.15, -0.1) is 0 Å². The number of carbonyl (C=O) groups is 2. The summed E-state index contributed by atoms with van der Waals surface area (Å²) in [6.07, 6.45) is 3.26. The van der Waals surface area contributed by atoms with Gasteiger partial charge in [0.1, 0.15) is 0 Å². The lowest BCUT2D eigenvalue weighted by atomic mass is 9.95. The molecule has 3 atom stereocenters. The van der Waals surface area contributed by atoms with Gasteiger partial charge in [0.2, 0.25) is 5.91 Å². The van der Waals surface area contributed by atoms with Crippen LogP contribution in [0.25, 0.3) is 0 Å². The number of nitrogens with zero attached hydrogens (tertiary/aromatic N) is 1. The Morgan fingerprint density at radius 3 is 2.61 bits per heavy atom. The summed E-state index contributed by atoms with van der Waals surface area (Å²) in [6, 6.07) is 2.05. The molecule has 0 radical (unpaired) electrons. The minimum Gasteiger partial charge on any atom is -0.481 e. The monoisotopic (exact) mass is 252 g/mol. The molecule has 1 aliphatic rings. The molecule has 1 unspecified atom stereocenters. The smallest absolute Gasteiger partial charge is 0.307 e. The summed E-state index contributed by atoms with van der Waals surface area (Å²) in [7, 11) is 0. The maximum atomic E-state index is 11.9. The molecule has 0 saturated heterocycles. The highest BCUT2D eigenvalue weighted by Crippen LogP contribution is 2.36. The van der Waals surface area contributed by atoms with E-state index in [1.807, 2.05) is 13.0 Å². The molecule has 2 N–H and O–H groups in total. The van der Waals surface area contributed by atoms with Gasteiger partial charge in [0, 0.05) is 13.0 Å². The van der Waals surface area contributed by atoms with Gasteiger partial charge in [-0.1, -0.05) is 6.92 Å². The van der Waals surface area contributed by atoms with Gasteiger partial charge in [0.15, 0.2) is 0 Å². The summed E-state index contributed by atoms with van der Waals surface area (Å²) >= 11 is 0. The van der Waals surface area contributed by atoms with Gasteiger partial charge in [-0.3, -0.25) is 9.59 Å². The molecule has 0 heterocycles. The first-order valence-corrected chi connectivity index (χ1v) is 6.43. The second kappa shape index (κ2) is 7.00. The average Bonchev–Trinajstić information content (AvgIpc) is 2.71. The van der Waals surface area contributed by atoms with Crippen molar-refractivity contribution in [2.75, 3.05) is 6.54 Å². The van der Waals surface area contributed by atoms with E-state index in [-0.39, 0.29) is 5.91 Å². The van der Waals surface area contributed by atoms with Gasteiger partial charge < -0.3 is 10.4 Å². The summed E-state index contributed by atoms with van der Waals surface area (Å²) in [5.74, 6) is -1.67. The van der Waals surface area contributed by atoms with Crippen LogP contribution in [0.3, 0.4) is 0 Å². The lowest BCUT2D eigenvalue weighted by Crippen LogP contribution is -2.35. The quantitative estimate of drug-likeness (QED) is 0.702. The van der Waals surface area contributed by atoms with Crippen LogP contribution in [0.5, 0.6) is 0 Å². The number of unbranched alkanes of at least 4 members (excludes halogenated alkanes) is 2. The van der Waals surface area contributed by atoms with Crippen molar-refractivity contribution in [3.8, 4) is 6.07 Å². The highest BCUT2D eigenvalue weighted by molar-refractivity contribution is 5.85. The standard InChI is InChI=1S/C13H20N2O3/c1-9-7-10(11(8-9)13(17)18)12(16)15-6-4-2-3-5-14/h9-11H,2-4,6-8H2,1H3,(H,15,16)(H,17,18)/t9?,10-,11+/m0/s1. The number of amides is 1. The van der Waals surface area contributed by atoms with E-state index in [1.165, 1.54) is 0 Å². The van der Waals surface area contributed by atoms with Crippen LogP contribution < -0.4 is 5.32 Å². The van der Waals surface area contributed by atoms with E-state index in [9.17, 15) is 9.59 Å². The Morgan fingerprint density at radius 2 is 2.00 bits per heavy atom. The fraction of sp³-hybridized carbons (Fsp3) is 0.769. The van der Waals surface area contributed by atoms with Gasteiger partial charge in [0.05, 0.1) is 17.9 Å². The van der Waals surface area contributed by atoms with Crippen LogP contribution in [0, 0.1) is 29.1 Å². The first-order valence-electron chi connectivity index (χ1n) is 6.43. The zero-order valence-corrected chi connectivity index (χ0v) is 10.7. The molecule has 0 spiro atoms. The average molecular weight is 252 g/mol. The highest BCUT2D eigenvalue weighted by Gasteiger charge is 2.40. The Bertz CT molecular complexity index is 349. The topological polar surface area (TPSA) is 90.2 Å². The molecule has 5 heteroatoms. The first kappa shape index (κ1) is 14.5. The molecular formula is C13H20N2O3. The molecule has 0 aliphatic heterocycles. The molecular weight excluding hydrogens is 232 g/mol. The summed E-state index contributed by atoms with van der Waals surface area (Å²) in [5, 5.41) is 20.2. The molecule has 1 fully saturated rings. The van der Waals surface area contributed by atoms with Crippen molar-refractivity contribution in [2.45, 2.75) is 39.0 Å². The number of hydrogen-bond donors (Lipinski definition) is 2. The minimum atomic E-state index is -0.871. The van der Waals surface area contributed by atoms with Crippen molar-refractivity contribution in [1.29, 1.82) is 5.26 Å². The number of hydrogen-bond acceptors (Lipinski definition) is 3. The Hall–Kier alpha value is -1.57. The van der Waals surface area contributed by atoms with Crippen molar-refractivity contribution in [1.82, 2.24) is 5.32 Å². The Labute approximate surface area is 107 Å². The van der Waals surface area contributed by atoms with E-state index in [4.69, 9.17) is 10.4 Å². The molecule has 18 heavy (non-hydrogen) atoms. The maximum absolute atomic E-state index is 11.9. The lowest BCUT2D eigenvalue weighted by Gasteiger charge is -2.15. The summed E-state index contributed by atoms with van der Waals surface area (Å²) < 4.78 is 0. The molecule has 0 aromatic carbocycles. The molecule has 1 rings (SSSR count). The summed E-state index contributed by atoms with van der Waals surface area (Å²) in [5.41, 5.74) is 0. The third kappa shape index (κ3) is 4.02. The molecule has 1 amide bonds. The molecule has 1 aliphatic carbocycles. The molecule has 0 aromatic rings. The van der Waals surface area contributed by atoms with E-state index < -0.39 is 17.8 Å². The number of carbonyl (C=O) groups excluding carboxylic acids is 1. The minimum absolute atomic E-state index is 0.149. The van der Waals surface area contributed by atoms with Crippen molar-refractivity contribution in [2.24, 2.45) is 17.8 Å². The fourth-order valence-electron chi connectivity index (χ4n) is 2.53. The van der Waals surface area contributed by atoms with Gasteiger partial charge in [-0.2, -0.15) is 5.26 Å². The number of nitrogens with one attached hydrogen (secondary N) is 1. The third-order valence-electron chi connectivity index (χ3n) is 3.47. The molecule has 1 saturated carbocycles. The zero-order valence-electron chi connectivity index (χ0n) is 10.7. The summed E-state index contributed by atoms with van der Waals surface area (Å²) in [6.45, 7) is 2.51. The van der Waals surface area contributed by atoms with Crippen molar-refractivity contribution in [3.63, 3.8) is 0 Å². The van der Waals surface area contributed by atoms with Crippen molar-refractivity contribution in [3.05, 3.63) is 0 Å². The van der Waals surface area contributed by atoms with Crippen molar-refractivity contribution < 1.29 is 14.7 Å². The SMILES string of the molecule is CC1C[C@H](C(=O)NCCCCC#N)[C@H](C(=O)O)C1. The van der Waals surface area contributed by atoms with E-state index in [0.29, 0.717) is 31.7 Å². The number of carboxylic acid groups (broad SMARTS) is 1. The maximum Gasteiger partial charge on any atom is 0.307 e. The number of carboxylic acids is 1. The van der Waals surface area contributed by atoms with Crippen LogP contribution >= 0.6 is 0 Å². The van der Waals surface area contributed by atoms with Crippen LogP contribution in [-0.4, -0.2) is 23.5 Å². The predicted octanol–water partition coefficient (Wildman–Crippen LogP) is 1.54. The predicted molar refractivity (Wildman–Crippen MR) is 65.5 cm³/mol. The Balaban J connectivity index is 2.36. The van der Waals surface area contributed by atoms with Crippen LogP contribution in [0.1, 0.15) is 39.0 Å². The fourth-order valence-corrected chi connectivity index (χ4v) is 2.53. The van der Waals surface area contributed by atoms with Crippen LogP contribution in [0.4, 0.5) is 0 Å². The molecule has 5 nitrogen and oxygen atoms in total. The first-order chi connectivity index (χ1) is 8.56. The normalized spacial score (nSPS) is 26.6. The van der Waals surface area contributed by atoms with Gasteiger partial charge >= 0.3 is 5.97 Å². The highest BCUT2D eigenvalue weighted by atomic mass is 16.4. The van der Waals surface area contributed by atoms with Crippen molar-refractivity contribution >= 4 is 11.9 Å². The van der Waals surface area contributed by atoms with Gasteiger partial charge in [-0.05, 0) is 31.6 Å². The van der Waals surface area contributed by atoms with E-state index in [0.717, 1.165) is 12.8 Å². The van der Waals surface area contributed by atoms with E-state index >= 15 is 0 Å². The van der Waals surface area contributed by atoms with Crippen LogP contribution in [0.2, 0.25) is 0 Å². The molecule has 0 aromatic heterocycles. The van der Waals surface area contributed by atoms with E-state index in [2.05, 4.69) is 5.32 Å².